The van der Waals surface area contributed by atoms with Crippen LogP contribution in [0.15, 0.2) is 0 Å². The van der Waals surface area contributed by atoms with Crippen LogP contribution in [0.25, 0.3) is 0 Å². The number of likely N-dealkylation sites (tertiary alicyclic amines) is 1. The quantitative estimate of drug-likeness (QED) is 0.554. The highest BCUT2D eigenvalue weighted by Gasteiger charge is 2.37. The third kappa shape index (κ3) is 4.05. The fourth-order valence-electron chi connectivity index (χ4n) is 3.46. The summed E-state index contributed by atoms with van der Waals surface area (Å²) < 4.78 is 5.24. The molecule has 1 aliphatic carbocycles. The van der Waals surface area contributed by atoms with Gasteiger partial charge in [0.05, 0.1) is 13.2 Å². The summed E-state index contributed by atoms with van der Waals surface area (Å²) in [6.07, 6.45) is 8.05. The number of rotatable bonds is 6. The molecule has 0 aromatic rings. The van der Waals surface area contributed by atoms with Gasteiger partial charge in [0.25, 0.3) is 0 Å². The molecule has 114 valence electrons. The van der Waals surface area contributed by atoms with Crippen LogP contribution in [0.5, 0.6) is 0 Å². The van der Waals surface area contributed by atoms with Gasteiger partial charge in [0, 0.05) is 18.4 Å². The van der Waals surface area contributed by atoms with Crippen molar-refractivity contribution in [2.24, 2.45) is 5.92 Å². The molecule has 2 fully saturated rings. The second-order valence-electron chi connectivity index (χ2n) is 6.07. The summed E-state index contributed by atoms with van der Waals surface area (Å²) in [5, 5.41) is 0. The largest absolute Gasteiger partial charge is 0.465 e. The number of ketones is 1. The lowest BCUT2D eigenvalue weighted by atomic mass is 9.82. The Balaban J connectivity index is 1.83. The van der Waals surface area contributed by atoms with Gasteiger partial charge in [-0.15, -0.1) is 0 Å². The van der Waals surface area contributed by atoms with E-state index in [1.54, 1.807) is 0 Å². The van der Waals surface area contributed by atoms with Gasteiger partial charge in [-0.05, 0) is 38.6 Å². The fraction of sp³-hybridized carbons (Fsp3) is 0.875. The average Bonchev–Trinajstić information content (AvgIpc) is 2.87. The van der Waals surface area contributed by atoms with E-state index >= 15 is 0 Å². The third-order valence-corrected chi connectivity index (χ3v) is 4.57. The number of carbonyl (C=O) groups is 2. The molecule has 1 aliphatic heterocycles. The summed E-state index contributed by atoms with van der Waals surface area (Å²) in [4.78, 5) is 26.1. The second-order valence-corrected chi connectivity index (χ2v) is 6.07. The second kappa shape index (κ2) is 7.77. The highest BCUT2D eigenvalue weighted by molar-refractivity contribution is 5.82. The van der Waals surface area contributed by atoms with Crippen LogP contribution in [0.1, 0.15) is 58.3 Å². The Bertz CT molecular complexity index is 343. The molecule has 1 saturated carbocycles. The molecule has 0 bridgehead atoms. The Hall–Kier alpha value is -0.900. The number of esters is 1. The van der Waals surface area contributed by atoms with E-state index in [4.69, 9.17) is 4.74 Å². The standard InChI is InChI=1S/C16H27NO3/c1-2-3-11-20-16(19)12-17-10-6-8-14(17)13-7-4-5-9-15(13)18/h13-14H,2-12H2,1H3. The lowest BCUT2D eigenvalue weighted by molar-refractivity contribution is -0.146. The van der Waals surface area contributed by atoms with Crippen molar-refractivity contribution in [1.29, 1.82) is 0 Å². The zero-order chi connectivity index (χ0) is 14.4. The van der Waals surface area contributed by atoms with Gasteiger partial charge in [0.15, 0.2) is 0 Å². The molecule has 2 rings (SSSR count). The molecule has 0 N–H and O–H groups in total. The Morgan fingerprint density at radius 1 is 1.30 bits per heavy atom. The molecule has 2 atom stereocenters. The molecule has 4 heteroatoms. The van der Waals surface area contributed by atoms with Gasteiger partial charge >= 0.3 is 5.97 Å². The van der Waals surface area contributed by atoms with Crippen LogP contribution in [0.3, 0.4) is 0 Å². The van der Waals surface area contributed by atoms with Gasteiger partial charge in [-0.1, -0.05) is 19.8 Å². The molecule has 2 unspecified atom stereocenters. The Kier molecular flexibility index (Phi) is 6.02. The third-order valence-electron chi connectivity index (χ3n) is 4.57. The van der Waals surface area contributed by atoms with E-state index in [1.165, 1.54) is 0 Å². The number of Topliss-reactive ketones (excluding diaryl/α,β-unsaturated/α-hetero) is 1. The first-order valence-electron chi connectivity index (χ1n) is 8.14. The molecular formula is C16H27NO3. The minimum Gasteiger partial charge on any atom is -0.465 e. The van der Waals surface area contributed by atoms with E-state index in [2.05, 4.69) is 11.8 Å². The molecular weight excluding hydrogens is 254 g/mol. The Labute approximate surface area is 121 Å². The first kappa shape index (κ1) is 15.5. The van der Waals surface area contributed by atoms with Gasteiger partial charge in [0.2, 0.25) is 0 Å². The molecule has 0 radical (unpaired) electrons. The Morgan fingerprint density at radius 3 is 2.90 bits per heavy atom. The predicted molar refractivity (Wildman–Crippen MR) is 77.4 cm³/mol. The van der Waals surface area contributed by atoms with Crippen molar-refractivity contribution in [2.45, 2.75) is 64.3 Å². The van der Waals surface area contributed by atoms with Crippen LogP contribution in [0.2, 0.25) is 0 Å². The molecule has 2 aliphatic rings. The summed E-state index contributed by atoms with van der Waals surface area (Å²) in [6.45, 7) is 3.89. The minimum absolute atomic E-state index is 0.131. The topological polar surface area (TPSA) is 46.6 Å². The minimum atomic E-state index is -0.131. The van der Waals surface area contributed by atoms with Crippen molar-refractivity contribution in [3.05, 3.63) is 0 Å². The fourth-order valence-corrected chi connectivity index (χ4v) is 3.46. The maximum atomic E-state index is 12.1. The summed E-state index contributed by atoms with van der Waals surface area (Å²) in [6, 6.07) is 0.279. The highest BCUT2D eigenvalue weighted by atomic mass is 16.5. The molecule has 0 amide bonds. The smallest absolute Gasteiger partial charge is 0.320 e. The Morgan fingerprint density at radius 2 is 2.15 bits per heavy atom. The van der Waals surface area contributed by atoms with E-state index < -0.39 is 0 Å². The van der Waals surface area contributed by atoms with Crippen LogP contribution < -0.4 is 0 Å². The molecule has 4 nitrogen and oxygen atoms in total. The van der Waals surface area contributed by atoms with Gasteiger partial charge in [-0.25, -0.2) is 0 Å². The van der Waals surface area contributed by atoms with Crippen LogP contribution in [-0.4, -0.2) is 42.4 Å². The van der Waals surface area contributed by atoms with Crippen molar-refractivity contribution in [3.8, 4) is 0 Å². The predicted octanol–water partition coefficient (Wildman–Crippen LogP) is 2.55. The van der Waals surface area contributed by atoms with Crippen LogP contribution >= 0.6 is 0 Å². The van der Waals surface area contributed by atoms with Crippen LogP contribution in [0.4, 0.5) is 0 Å². The first-order valence-corrected chi connectivity index (χ1v) is 8.14. The van der Waals surface area contributed by atoms with Gasteiger partial charge < -0.3 is 4.74 Å². The summed E-state index contributed by atoms with van der Waals surface area (Å²) >= 11 is 0. The summed E-state index contributed by atoms with van der Waals surface area (Å²) in [5.74, 6) is 0.441. The van der Waals surface area contributed by atoms with Crippen molar-refractivity contribution in [3.63, 3.8) is 0 Å². The monoisotopic (exact) mass is 281 g/mol. The molecule has 0 aromatic carbocycles. The normalized spacial score (nSPS) is 27.8. The summed E-state index contributed by atoms with van der Waals surface area (Å²) in [7, 11) is 0. The lowest BCUT2D eigenvalue weighted by Gasteiger charge is -2.32. The molecule has 0 aromatic heterocycles. The van der Waals surface area contributed by atoms with Crippen molar-refractivity contribution in [2.75, 3.05) is 19.7 Å². The maximum Gasteiger partial charge on any atom is 0.320 e. The maximum absolute atomic E-state index is 12.1. The van der Waals surface area contributed by atoms with Crippen LogP contribution in [-0.2, 0) is 14.3 Å². The number of ether oxygens (including phenoxy) is 1. The number of nitrogens with zero attached hydrogens (tertiary/aromatic N) is 1. The number of hydrogen-bond acceptors (Lipinski definition) is 4. The SMILES string of the molecule is CCCCOC(=O)CN1CCCC1C1CCCCC1=O. The molecule has 1 heterocycles. The van der Waals surface area contributed by atoms with Gasteiger partial charge in [-0.2, -0.15) is 0 Å². The van der Waals surface area contributed by atoms with E-state index in [0.29, 0.717) is 18.9 Å². The van der Waals surface area contributed by atoms with Crippen molar-refractivity contribution < 1.29 is 14.3 Å². The number of unbranched alkanes of at least 4 members (excludes halogenated alkanes) is 1. The lowest BCUT2D eigenvalue weighted by Crippen LogP contribution is -2.43. The first-order chi connectivity index (χ1) is 9.72. The molecule has 0 spiro atoms. The van der Waals surface area contributed by atoms with Crippen molar-refractivity contribution in [1.82, 2.24) is 4.90 Å². The van der Waals surface area contributed by atoms with Gasteiger partial charge in [-0.3, -0.25) is 14.5 Å². The van der Waals surface area contributed by atoms with E-state index in [1.807, 2.05) is 0 Å². The van der Waals surface area contributed by atoms with E-state index in [9.17, 15) is 9.59 Å². The molecule has 1 saturated heterocycles. The van der Waals surface area contributed by atoms with Gasteiger partial charge in [0.1, 0.15) is 5.78 Å². The zero-order valence-electron chi connectivity index (χ0n) is 12.6. The highest BCUT2D eigenvalue weighted by Crippen LogP contribution is 2.32. The van der Waals surface area contributed by atoms with E-state index in [-0.39, 0.29) is 17.9 Å². The van der Waals surface area contributed by atoms with E-state index in [0.717, 1.165) is 57.9 Å². The molecule has 20 heavy (non-hydrogen) atoms. The number of hydrogen-bond donors (Lipinski definition) is 0. The number of carbonyl (C=O) groups excluding carboxylic acids is 2. The zero-order valence-corrected chi connectivity index (χ0v) is 12.6. The summed E-state index contributed by atoms with van der Waals surface area (Å²) in [5.41, 5.74) is 0. The van der Waals surface area contributed by atoms with Crippen LogP contribution in [0, 0.1) is 5.92 Å². The average molecular weight is 281 g/mol. The van der Waals surface area contributed by atoms with Crippen molar-refractivity contribution >= 4 is 11.8 Å².